The summed E-state index contributed by atoms with van der Waals surface area (Å²) in [7, 11) is 1.66. The number of aromatic nitrogens is 2. The van der Waals surface area contributed by atoms with Crippen LogP contribution in [0.3, 0.4) is 0 Å². The summed E-state index contributed by atoms with van der Waals surface area (Å²) in [6.07, 6.45) is 0.400. The van der Waals surface area contributed by atoms with Gasteiger partial charge in [0.05, 0.1) is 19.3 Å². The fraction of sp³-hybridized carbons (Fsp3) is 0.304. The molecule has 0 aliphatic carbocycles. The third-order valence-corrected chi connectivity index (χ3v) is 5.93. The molecule has 1 aromatic heterocycles. The van der Waals surface area contributed by atoms with Gasteiger partial charge >= 0.3 is 6.09 Å². The van der Waals surface area contributed by atoms with Crippen molar-refractivity contribution in [1.82, 2.24) is 14.7 Å². The number of hydrogen-bond acceptors (Lipinski definition) is 3. The van der Waals surface area contributed by atoms with E-state index in [1.54, 1.807) is 7.11 Å². The number of amides is 1. The highest BCUT2D eigenvalue weighted by Crippen LogP contribution is 2.30. The molecule has 2 aromatic carbocycles. The Labute approximate surface area is 180 Å². The van der Waals surface area contributed by atoms with Crippen molar-refractivity contribution < 1.29 is 14.6 Å². The van der Waals surface area contributed by atoms with E-state index >= 15 is 0 Å². The minimum atomic E-state index is -0.876. The maximum atomic E-state index is 11.5. The first-order valence-corrected chi connectivity index (χ1v) is 10.3. The van der Waals surface area contributed by atoms with E-state index in [-0.39, 0.29) is 0 Å². The van der Waals surface area contributed by atoms with E-state index in [1.807, 2.05) is 41.1 Å². The molecule has 1 amide bonds. The molecule has 30 heavy (non-hydrogen) atoms. The molecule has 1 N–H and O–H groups in total. The van der Waals surface area contributed by atoms with E-state index in [0.717, 1.165) is 39.4 Å². The van der Waals surface area contributed by atoms with Crippen LogP contribution in [0.4, 0.5) is 4.79 Å². The van der Waals surface area contributed by atoms with Gasteiger partial charge in [-0.3, -0.25) is 4.68 Å². The first-order valence-electron chi connectivity index (χ1n) is 9.92. The van der Waals surface area contributed by atoms with Gasteiger partial charge in [0.25, 0.3) is 0 Å². The van der Waals surface area contributed by atoms with Crippen LogP contribution < -0.4 is 4.74 Å². The van der Waals surface area contributed by atoms with E-state index in [0.29, 0.717) is 37.5 Å². The number of hydrogen-bond donors (Lipinski definition) is 1. The van der Waals surface area contributed by atoms with Gasteiger partial charge in [-0.15, -0.1) is 0 Å². The smallest absolute Gasteiger partial charge is 0.407 e. The van der Waals surface area contributed by atoms with Crippen molar-refractivity contribution in [2.75, 3.05) is 20.2 Å². The quantitative estimate of drug-likeness (QED) is 0.660. The molecule has 3 aromatic rings. The topological polar surface area (TPSA) is 67.6 Å². The van der Waals surface area contributed by atoms with Crippen molar-refractivity contribution in [3.63, 3.8) is 0 Å². The third-order valence-electron chi connectivity index (χ3n) is 5.67. The molecule has 0 saturated carbocycles. The predicted molar refractivity (Wildman–Crippen MR) is 117 cm³/mol. The Balaban J connectivity index is 1.75. The molecular weight excluding hydrogens is 402 g/mol. The molecule has 2 heterocycles. The molecule has 0 atom stereocenters. The highest BCUT2D eigenvalue weighted by atomic mass is 35.5. The Morgan fingerprint density at radius 2 is 1.90 bits per heavy atom. The van der Waals surface area contributed by atoms with Gasteiger partial charge in [0.1, 0.15) is 5.75 Å². The number of carbonyl (C=O) groups is 1. The minimum Gasteiger partial charge on any atom is -0.497 e. The molecule has 156 valence electrons. The van der Waals surface area contributed by atoms with Gasteiger partial charge in [-0.2, -0.15) is 5.10 Å². The van der Waals surface area contributed by atoms with Crippen LogP contribution in [0.2, 0.25) is 5.02 Å². The summed E-state index contributed by atoms with van der Waals surface area (Å²) in [4.78, 5) is 13.0. The monoisotopic (exact) mass is 425 g/mol. The zero-order valence-electron chi connectivity index (χ0n) is 17.1. The first-order chi connectivity index (χ1) is 14.5. The van der Waals surface area contributed by atoms with Gasteiger partial charge in [-0.25, -0.2) is 4.79 Å². The summed E-state index contributed by atoms with van der Waals surface area (Å²) in [6.45, 7) is 3.62. The van der Waals surface area contributed by atoms with Gasteiger partial charge in [0.2, 0.25) is 0 Å². The number of halogens is 1. The average molecular weight is 426 g/mol. The molecule has 0 unspecified atom stereocenters. The highest BCUT2D eigenvalue weighted by molar-refractivity contribution is 6.30. The van der Waals surface area contributed by atoms with Gasteiger partial charge in [-0.05, 0) is 48.7 Å². The van der Waals surface area contributed by atoms with Crippen LogP contribution in [-0.4, -0.2) is 46.1 Å². The normalized spacial score (nSPS) is 13.6. The SMILES string of the molecule is COc1ccc(Cn2nc(-c3ccc(Cl)cc3)c3c2CCN(C(=O)O)CC3)c(C)c1. The zero-order valence-corrected chi connectivity index (χ0v) is 17.8. The Bertz CT molecular complexity index is 1080. The number of rotatable bonds is 4. The van der Waals surface area contributed by atoms with Crippen molar-refractivity contribution in [3.05, 3.63) is 69.9 Å². The summed E-state index contributed by atoms with van der Waals surface area (Å²) in [5, 5.41) is 15.1. The van der Waals surface area contributed by atoms with Gasteiger partial charge in [-0.1, -0.05) is 29.8 Å². The van der Waals surface area contributed by atoms with Crippen LogP contribution in [0.25, 0.3) is 11.3 Å². The van der Waals surface area contributed by atoms with Crippen LogP contribution in [0.5, 0.6) is 5.75 Å². The number of ether oxygens (including phenoxy) is 1. The van der Waals surface area contributed by atoms with Crippen molar-refractivity contribution in [2.45, 2.75) is 26.3 Å². The molecule has 6 nitrogen and oxygen atoms in total. The number of fused-ring (bicyclic) bond motifs is 1. The second kappa shape index (κ2) is 8.40. The molecule has 1 aliphatic rings. The fourth-order valence-corrected chi connectivity index (χ4v) is 4.10. The summed E-state index contributed by atoms with van der Waals surface area (Å²) < 4.78 is 7.35. The van der Waals surface area contributed by atoms with Crippen molar-refractivity contribution in [2.24, 2.45) is 0 Å². The van der Waals surface area contributed by atoms with Crippen LogP contribution >= 0.6 is 11.6 Å². The van der Waals surface area contributed by atoms with Gasteiger partial charge in [0.15, 0.2) is 0 Å². The van der Waals surface area contributed by atoms with Crippen molar-refractivity contribution in [3.8, 4) is 17.0 Å². The van der Waals surface area contributed by atoms with Crippen LogP contribution in [-0.2, 0) is 19.4 Å². The molecule has 1 aliphatic heterocycles. The molecular formula is C23H24ClN3O3. The summed E-state index contributed by atoms with van der Waals surface area (Å²) in [5.41, 5.74) is 6.39. The van der Waals surface area contributed by atoms with E-state index in [1.165, 1.54) is 4.90 Å². The van der Waals surface area contributed by atoms with E-state index in [2.05, 4.69) is 13.0 Å². The van der Waals surface area contributed by atoms with E-state index in [9.17, 15) is 9.90 Å². The van der Waals surface area contributed by atoms with Crippen LogP contribution in [0.15, 0.2) is 42.5 Å². The molecule has 0 saturated heterocycles. The lowest BCUT2D eigenvalue weighted by atomic mass is 10.0. The lowest BCUT2D eigenvalue weighted by molar-refractivity contribution is 0.147. The van der Waals surface area contributed by atoms with Gasteiger partial charge < -0.3 is 14.7 Å². The standard InChI is InChI=1S/C23H24ClN3O3/c1-15-13-19(30-2)8-5-17(15)14-27-21-10-12-26(23(28)29)11-9-20(21)22(25-27)16-3-6-18(24)7-4-16/h3-8,13H,9-12,14H2,1-2H3,(H,28,29). The number of nitrogens with zero attached hydrogens (tertiary/aromatic N) is 3. The number of aryl methyl sites for hydroxylation is 1. The number of methoxy groups -OCH3 is 1. The van der Waals surface area contributed by atoms with Gasteiger partial charge in [0, 0.05) is 41.4 Å². The largest absolute Gasteiger partial charge is 0.497 e. The molecule has 0 radical (unpaired) electrons. The summed E-state index contributed by atoms with van der Waals surface area (Å²) >= 11 is 6.07. The van der Waals surface area contributed by atoms with Crippen molar-refractivity contribution >= 4 is 17.7 Å². The lowest BCUT2D eigenvalue weighted by Crippen LogP contribution is -2.32. The molecule has 0 bridgehead atoms. The fourth-order valence-electron chi connectivity index (χ4n) is 3.97. The Morgan fingerprint density at radius 1 is 1.17 bits per heavy atom. The maximum absolute atomic E-state index is 11.5. The second-order valence-corrected chi connectivity index (χ2v) is 7.94. The average Bonchev–Trinajstić information content (AvgIpc) is 2.92. The Kier molecular flexibility index (Phi) is 5.68. The van der Waals surface area contributed by atoms with Crippen molar-refractivity contribution in [1.29, 1.82) is 0 Å². The highest BCUT2D eigenvalue weighted by Gasteiger charge is 2.25. The second-order valence-electron chi connectivity index (χ2n) is 7.50. The summed E-state index contributed by atoms with van der Waals surface area (Å²) in [6, 6.07) is 13.7. The molecule has 0 spiro atoms. The van der Waals surface area contributed by atoms with Crippen LogP contribution in [0.1, 0.15) is 22.4 Å². The number of carboxylic acid groups (broad SMARTS) is 1. The zero-order chi connectivity index (χ0) is 21.3. The predicted octanol–water partition coefficient (Wildman–Crippen LogP) is 4.65. The van der Waals surface area contributed by atoms with E-state index < -0.39 is 6.09 Å². The van der Waals surface area contributed by atoms with E-state index in [4.69, 9.17) is 21.4 Å². The van der Waals surface area contributed by atoms with Crippen LogP contribution in [0, 0.1) is 6.92 Å². The first kappa shape index (κ1) is 20.3. The Morgan fingerprint density at radius 3 is 2.57 bits per heavy atom. The molecule has 0 fully saturated rings. The Hall–Kier alpha value is -2.99. The number of benzene rings is 2. The summed E-state index contributed by atoms with van der Waals surface area (Å²) in [5.74, 6) is 0.828. The minimum absolute atomic E-state index is 0.468. The molecule has 7 heteroatoms. The third kappa shape index (κ3) is 4.00. The lowest BCUT2D eigenvalue weighted by Gasteiger charge is -2.16. The molecule has 4 rings (SSSR count). The maximum Gasteiger partial charge on any atom is 0.407 e.